The Morgan fingerprint density at radius 3 is 2.61 bits per heavy atom. The van der Waals surface area contributed by atoms with Crippen molar-refractivity contribution in [3.05, 3.63) is 110 Å². The van der Waals surface area contributed by atoms with Crippen molar-refractivity contribution in [3.8, 4) is 11.5 Å². The molecule has 41 heavy (non-hydrogen) atoms. The molecule has 1 saturated carbocycles. The van der Waals surface area contributed by atoms with Gasteiger partial charge in [-0.05, 0) is 79.8 Å². The molecule has 1 fully saturated rings. The molecule has 1 aliphatic rings. The van der Waals surface area contributed by atoms with Gasteiger partial charge in [0.25, 0.3) is 5.56 Å². The van der Waals surface area contributed by atoms with Gasteiger partial charge in [-0.2, -0.15) is 9.78 Å². The maximum Gasteiger partial charge on any atom is 0.282 e. The zero-order valence-corrected chi connectivity index (χ0v) is 25.5. The summed E-state index contributed by atoms with van der Waals surface area (Å²) in [5.74, 6) is 2.19. The van der Waals surface area contributed by atoms with Crippen LogP contribution in [0.4, 0.5) is 0 Å². The molecule has 3 aromatic carbocycles. The van der Waals surface area contributed by atoms with Crippen molar-refractivity contribution < 1.29 is 9.47 Å². The van der Waals surface area contributed by atoms with Crippen LogP contribution in [0.5, 0.6) is 11.5 Å². The van der Waals surface area contributed by atoms with Crippen LogP contribution in [-0.2, 0) is 13.0 Å². The lowest BCUT2D eigenvalue weighted by molar-refractivity contribution is 0.267. The van der Waals surface area contributed by atoms with Crippen LogP contribution in [0.25, 0.3) is 10.9 Å². The fourth-order valence-electron chi connectivity index (χ4n) is 5.25. The van der Waals surface area contributed by atoms with E-state index in [0.717, 1.165) is 52.7 Å². The number of hydrogen-bond acceptors (Lipinski definition) is 5. The second kappa shape index (κ2) is 13.5. The number of aromatic nitrogens is 2. The Kier molecular flexibility index (Phi) is 9.57. The molecule has 1 aliphatic carbocycles. The second-order valence-electron chi connectivity index (χ2n) is 10.2. The van der Waals surface area contributed by atoms with E-state index in [1.54, 1.807) is 6.21 Å². The number of hydrogen-bond donors (Lipinski definition) is 0. The highest BCUT2D eigenvalue weighted by Gasteiger charge is 2.23. The Labute approximate surface area is 253 Å². The molecule has 1 aromatic heterocycles. The van der Waals surface area contributed by atoms with Crippen LogP contribution < -0.4 is 15.0 Å². The van der Waals surface area contributed by atoms with Crippen LogP contribution in [0.2, 0.25) is 5.02 Å². The van der Waals surface area contributed by atoms with E-state index in [1.807, 2.05) is 67.6 Å². The predicted octanol–water partition coefficient (Wildman–Crippen LogP) is 8.45. The first-order valence-corrected chi connectivity index (χ1v) is 15.2. The van der Waals surface area contributed by atoms with Crippen molar-refractivity contribution in [1.29, 1.82) is 0 Å². The van der Waals surface area contributed by atoms with Crippen molar-refractivity contribution in [2.45, 2.75) is 58.0 Å². The number of rotatable bonds is 10. The van der Waals surface area contributed by atoms with E-state index < -0.39 is 0 Å². The smallest absolute Gasteiger partial charge is 0.282 e. The van der Waals surface area contributed by atoms with Gasteiger partial charge in [0, 0.05) is 21.0 Å². The van der Waals surface area contributed by atoms with E-state index in [4.69, 9.17) is 31.2 Å². The Morgan fingerprint density at radius 2 is 1.88 bits per heavy atom. The van der Waals surface area contributed by atoms with Crippen LogP contribution in [0, 0.1) is 0 Å². The molecule has 0 N–H and O–H groups in total. The van der Waals surface area contributed by atoms with Crippen LogP contribution >= 0.6 is 27.5 Å². The molecule has 5 rings (SSSR count). The molecule has 4 aromatic rings. The molecular weight excluding hydrogens is 602 g/mol. The average molecular weight is 635 g/mol. The Balaban J connectivity index is 1.54. The summed E-state index contributed by atoms with van der Waals surface area (Å²) in [6, 6.07) is 17.1. The maximum absolute atomic E-state index is 13.7. The van der Waals surface area contributed by atoms with E-state index >= 15 is 0 Å². The average Bonchev–Trinajstić information content (AvgIpc) is 2.98. The van der Waals surface area contributed by atoms with Gasteiger partial charge in [0.2, 0.25) is 0 Å². The first kappa shape index (κ1) is 29.1. The second-order valence-corrected chi connectivity index (χ2v) is 11.5. The highest BCUT2D eigenvalue weighted by atomic mass is 79.9. The molecule has 1 heterocycles. The lowest BCUT2D eigenvalue weighted by atomic mass is 9.88. The lowest BCUT2D eigenvalue weighted by Gasteiger charge is -2.22. The first-order valence-electron chi connectivity index (χ1n) is 14.0. The standard InChI is InChI=1S/C33H33BrClN3O3/c1-3-8-25-17-23(18-30(40-4-2)31(25)41-21-22-11-14-27(35)15-12-22)20-36-38-32(24-9-6-5-7-10-24)37-29-16-13-26(34)19-28(29)33(38)39/h3,11-20,24H,1,4-10,21H2,2H3. The zero-order valence-electron chi connectivity index (χ0n) is 23.1. The maximum atomic E-state index is 13.7. The largest absolute Gasteiger partial charge is 0.490 e. The zero-order chi connectivity index (χ0) is 28.8. The van der Waals surface area contributed by atoms with Gasteiger partial charge in [0.05, 0.1) is 23.7 Å². The van der Waals surface area contributed by atoms with Crippen LogP contribution in [0.15, 0.2) is 81.6 Å². The summed E-state index contributed by atoms with van der Waals surface area (Å²) >= 11 is 9.53. The van der Waals surface area contributed by atoms with Crippen LogP contribution in [0.1, 0.15) is 67.5 Å². The Hall–Kier alpha value is -3.42. The van der Waals surface area contributed by atoms with Crippen LogP contribution in [-0.4, -0.2) is 22.5 Å². The summed E-state index contributed by atoms with van der Waals surface area (Å²) in [4.78, 5) is 18.7. The Morgan fingerprint density at radius 1 is 1.10 bits per heavy atom. The van der Waals surface area contributed by atoms with E-state index in [1.165, 1.54) is 11.1 Å². The minimum Gasteiger partial charge on any atom is -0.490 e. The van der Waals surface area contributed by atoms with Gasteiger partial charge in [-0.15, -0.1) is 6.58 Å². The van der Waals surface area contributed by atoms with Crippen molar-refractivity contribution >= 4 is 44.6 Å². The quantitative estimate of drug-likeness (QED) is 0.130. The van der Waals surface area contributed by atoms with Gasteiger partial charge < -0.3 is 9.47 Å². The molecule has 0 saturated heterocycles. The fraction of sp³-hybridized carbons (Fsp3) is 0.303. The summed E-state index contributed by atoms with van der Waals surface area (Å²) < 4.78 is 14.6. The normalized spacial score (nSPS) is 14.0. The molecular formula is C33H33BrClN3O3. The molecule has 0 unspecified atom stereocenters. The molecule has 6 nitrogen and oxygen atoms in total. The number of nitrogens with zero attached hydrogens (tertiary/aromatic N) is 3. The summed E-state index contributed by atoms with van der Waals surface area (Å²) in [5, 5.41) is 5.94. The number of fused-ring (bicyclic) bond motifs is 1. The van der Waals surface area contributed by atoms with E-state index in [-0.39, 0.29) is 11.5 Å². The van der Waals surface area contributed by atoms with Gasteiger partial charge in [0.15, 0.2) is 11.5 Å². The molecule has 0 amide bonds. The number of allylic oxidation sites excluding steroid dienone is 1. The van der Waals surface area contributed by atoms with Gasteiger partial charge in [-0.1, -0.05) is 65.0 Å². The van der Waals surface area contributed by atoms with Crippen molar-refractivity contribution in [2.75, 3.05) is 6.61 Å². The molecule has 212 valence electrons. The lowest BCUT2D eigenvalue weighted by Crippen LogP contribution is -2.25. The third-order valence-corrected chi connectivity index (χ3v) is 7.99. The SMILES string of the molecule is C=CCc1cc(C=Nn2c(C3CCCCC3)nc3ccc(Br)cc3c2=O)cc(OCC)c1OCc1ccc(Cl)cc1. The van der Waals surface area contributed by atoms with Gasteiger partial charge in [0.1, 0.15) is 12.4 Å². The van der Waals surface area contributed by atoms with Crippen molar-refractivity contribution in [1.82, 2.24) is 9.66 Å². The summed E-state index contributed by atoms with van der Waals surface area (Å²) in [6.45, 7) is 6.71. The molecule has 0 atom stereocenters. The van der Waals surface area contributed by atoms with Gasteiger partial charge >= 0.3 is 0 Å². The first-order chi connectivity index (χ1) is 20.0. The molecule has 0 aliphatic heterocycles. The van der Waals surface area contributed by atoms with E-state index in [9.17, 15) is 4.79 Å². The number of halogens is 2. The highest BCUT2D eigenvalue weighted by Crippen LogP contribution is 2.35. The molecule has 0 radical (unpaired) electrons. The Bertz CT molecular complexity index is 1630. The van der Waals surface area contributed by atoms with Gasteiger partial charge in [-0.25, -0.2) is 4.98 Å². The molecule has 0 spiro atoms. The fourth-order valence-corrected chi connectivity index (χ4v) is 5.74. The summed E-state index contributed by atoms with van der Waals surface area (Å²) in [5.41, 5.74) is 3.23. The topological polar surface area (TPSA) is 65.7 Å². The monoisotopic (exact) mass is 633 g/mol. The van der Waals surface area contributed by atoms with Crippen molar-refractivity contribution in [3.63, 3.8) is 0 Å². The minimum absolute atomic E-state index is 0.174. The summed E-state index contributed by atoms with van der Waals surface area (Å²) in [6.07, 6.45) is 9.59. The number of ether oxygens (including phenoxy) is 2. The predicted molar refractivity (Wildman–Crippen MR) is 170 cm³/mol. The van der Waals surface area contributed by atoms with Crippen LogP contribution in [0.3, 0.4) is 0 Å². The van der Waals surface area contributed by atoms with E-state index in [2.05, 4.69) is 22.5 Å². The molecule has 8 heteroatoms. The number of benzene rings is 3. The third kappa shape index (κ3) is 6.91. The minimum atomic E-state index is -0.174. The highest BCUT2D eigenvalue weighted by molar-refractivity contribution is 9.10. The van der Waals surface area contributed by atoms with Gasteiger partial charge in [-0.3, -0.25) is 4.79 Å². The van der Waals surface area contributed by atoms with Crippen molar-refractivity contribution in [2.24, 2.45) is 5.10 Å². The van der Waals surface area contributed by atoms with E-state index in [0.29, 0.717) is 47.1 Å². The third-order valence-electron chi connectivity index (χ3n) is 7.24. The summed E-state index contributed by atoms with van der Waals surface area (Å²) in [7, 11) is 0. The molecule has 0 bridgehead atoms.